The molecule has 4 heteroatoms. The molecule has 0 unspecified atom stereocenters. The Morgan fingerprint density at radius 1 is 1.21 bits per heavy atom. The predicted octanol–water partition coefficient (Wildman–Crippen LogP) is 3.74. The number of nitrogens with one attached hydrogen (secondary N) is 1. The summed E-state index contributed by atoms with van der Waals surface area (Å²) in [6.45, 7) is 1.80. The zero-order chi connectivity index (χ0) is 12.9. The third-order valence-electron chi connectivity index (χ3n) is 3.80. The second kappa shape index (κ2) is 6.35. The molecule has 2 heterocycles. The molecule has 0 aliphatic heterocycles. The largest absolute Gasteiger partial charge is 0.306 e. The highest BCUT2D eigenvalue weighted by Crippen LogP contribution is 2.27. The summed E-state index contributed by atoms with van der Waals surface area (Å²) in [7, 11) is 0. The zero-order valence-electron chi connectivity index (χ0n) is 11.2. The lowest BCUT2D eigenvalue weighted by Crippen LogP contribution is -2.15. The molecule has 0 bridgehead atoms. The molecule has 0 radical (unpaired) electrons. The molecule has 19 heavy (non-hydrogen) atoms. The van der Waals surface area contributed by atoms with E-state index in [0.717, 1.165) is 18.8 Å². The van der Waals surface area contributed by atoms with E-state index >= 15 is 0 Å². The molecule has 0 aromatic carbocycles. The number of nitrogens with zero attached hydrogens (tertiary/aromatic N) is 2. The van der Waals surface area contributed by atoms with E-state index in [1.807, 2.05) is 0 Å². The van der Waals surface area contributed by atoms with Gasteiger partial charge in [-0.15, -0.1) is 11.3 Å². The first kappa shape index (κ1) is 12.9. The molecule has 1 saturated carbocycles. The van der Waals surface area contributed by atoms with Crippen LogP contribution < -0.4 is 5.32 Å². The lowest BCUT2D eigenvalue weighted by atomic mass is 9.96. The van der Waals surface area contributed by atoms with E-state index in [4.69, 9.17) is 5.10 Å². The Balaban J connectivity index is 1.50. The third kappa shape index (κ3) is 3.45. The molecule has 1 N–H and O–H groups in total. The molecule has 3 rings (SSSR count). The van der Waals surface area contributed by atoms with Gasteiger partial charge in [-0.3, -0.25) is 4.68 Å². The van der Waals surface area contributed by atoms with Crippen molar-refractivity contribution >= 4 is 11.3 Å². The standard InChI is InChI=1S/C15H21N3S/c1-2-5-14(6-3-1)18-9-8-13(17-18)11-16-12-15-7-4-10-19-15/h4,7-10,14,16H,1-3,5-6,11-12H2. The number of hydrogen-bond acceptors (Lipinski definition) is 3. The van der Waals surface area contributed by atoms with Gasteiger partial charge in [-0.2, -0.15) is 5.10 Å². The van der Waals surface area contributed by atoms with Crippen molar-refractivity contribution in [3.63, 3.8) is 0 Å². The molecule has 1 fully saturated rings. The number of aromatic nitrogens is 2. The number of hydrogen-bond donors (Lipinski definition) is 1. The quantitative estimate of drug-likeness (QED) is 0.901. The van der Waals surface area contributed by atoms with Crippen molar-refractivity contribution in [2.75, 3.05) is 0 Å². The lowest BCUT2D eigenvalue weighted by Gasteiger charge is -2.21. The van der Waals surface area contributed by atoms with Crippen molar-refractivity contribution < 1.29 is 0 Å². The summed E-state index contributed by atoms with van der Waals surface area (Å²) in [6.07, 6.45) is 8.85. The summed E-state index contributed by atoms with van der Waals surface area (Å²) in [6, 6.07) is 7.05. The van der Waals surface area contributed by atoms with Gasteiger partial charge in [0, 0.05) is 24.2 Å². The van der Waals surface area contributed by atoms with Gasteiger partial charge >= 0.3 is 0 Å². The Kier molecular flexibility index (Phi) is 4.30. The van der Waals surface area contributed by atoms with Gasteiger partial charge in [-0.05, 0) is 30.4 Å². The molecule has 1 aliphatic rings. The van der Waals surface area contributed by atoms with Gasteiger partial charge in [0.15, 0.2) is 0 Å². The maximum atomic E-state index is 4.71. The Morgan fingerprint density at radius 3 is 2.89 bits per heavy atom. The van der Waals surface area contributed by atoms with Crippen LogP contribution in [0.5, 0.6) is 0 Å². The number of thiophene rings is 1. The summed E-state index contributed by atoms with van der Waals surface area (Å²) in [5.41, 5.74) is 1.15. The monoisotopic (exact) mass is 275 g/mol. The van der Waals surface area contributed by atoms with E-state index in [1.54, 1.807) is 11.3 Å². The Bertz CT molecular complexity index is 483. The molecule has 0 atom stereocenters. The molecular weight excluding hydrogens is 254 g/mol. The second-order valence-electron chi connectivity index (χ2n) is 5.26. The number of rotatable bonds is 5. The summed E-state index contributed by atoms with van der Waals surface area (Å²) in [5, 5.41) is 10.3. The molecule has 2 aromatic heterocycles. The highest BCUT2D eigenvalue weighted by molar-refractivity contribution is 7.09. The van der Waals surface area contributed by atoms with Crippen LogP contribution in [0.4, 0.5) is 0 Å². The normalized spacial score (nSPS) is 16.8. The van der Waals surface area contributed by atoms with Crippen LogP contribution in [0.1, 0.15) is 48.7 Å². The Labute approximate surface area is 118 Å². The van der Waals surface area contributed by atoms with E-state index in [2.05, 4.69) is 39.8 Å². The SMILES string of the molecule is c1csc(CNCc2ccn(C3CCCCC3)n2)c1. The molecule has 0 amide bonds. The van der Waals surface area contributed by atoms with E-state index in [1.165, 1.54) is 37.0 Å². The van der Waals surface area contributed by atoms with Crippen LogP contribution in [0.25, 0.3) is 0 Å². The average Bonchev–Trinajstić information content (AvgIpc) is 3.11. The van der Waals surface area contributed by atoms with Gasteiger partial charge < -0.3 is 5.32 Å². The molecular formula is C15H21N3S. The lowest BCUT2D eigenvalue weighted by molar-refractivity contribution is 0.327. The highest BCUT2D eigenvalue weighted by atomic mass is 32.1. The van der Waals surface area contributed by atoms with Gasteiger partial charge in [0.25, 0.3) is 0 Å². The smallest absolute Gasteiger partial charge is 0.0762 e. The molecule has 1 aliphatic carbocycles. The van der Waals surface area contributed by atoms with Crippen LogP contribution in [0.2, 0.25) is 0 Å². The van der Waals surface area contributed by atoms with Gasteiger partial charge in [0.1, 0.15) is 0 Å². The predicted molar refractivity (Wildman–Crippen MR) is 79.2 cm³/mol. The van der Waals surface area contributed by atoms with Gasteiger partial charge in [-0.25, -0.2) is 0 Å². The maximum Gasteiger partial charge on any atom is 0.0762 e. The van der Waals surface area contributed by atoms with Crippen molar-refractivity contribution in [2.24, 2.45) is 0 Å². The van der Waals surface area contributed by atoms with Gasteiger partial charge in [0.2, 0.25) is 0 Å². The van der Waals surface area contributed by atoms with E-state index in [-0.39, 0.29) is 0 Å². The van der Waals surface area contributed by atoms with Crippen LogP contribution in [0.3, 0.4) is 0 Å². The van der Waals surface area contributed by atoms with Crippen molar-refractivity contribution in [1.82, 2.24) is 15.1 Å². The van der Waals surface area contributed by atoms with Gasteiger partial charge in [-0.1, -0.05) is 25.3 Å². The summed E-state index contributed by atoms with van der Waals surface area (Å²) >= 11 is 1.80. The minimum absolute atomic E-state index is 0.639. The maximum absolute atomic E-state index is 4.71. The first-order valence-electron chi connectivity index (χ1n) is 7.19. The van der Waals surface area contributed by atoms with Gasteiger partial charge in [0.05, 0.1) is 11.7 Å². The molecule has 2 aromatic rings. The summed E-state index contributed by atoms with van der Waals surface area (Å²) in [5.74, 6) is 0. The first-order valence-corrected chi connectivity index (χ1v) is 8.07. The Hall–Kier alpha value is -1.13. The van der Waals surface area contributed by atoms with Crippen molar-refractivity contribution in [2.45, 2.75) is 51.2 Å². The fourth-order valence-corrected chi connectivity index (χ4v) is 3.42. The molecule has 0 saturated heterocycles. The summed E-state index contributed by atoms with van der Waals surface area (Å²) < 4.78 is 2.18. The van der Waals surface area contributed by atoms with Crippen molar-refractivity contribution in [3.8, 4) is 0 Å². The van der Waals surface area contributed by atoms with Crippen LogP contribution in [-0.4, -0.2) is 9.78 Å². The van der Waals surface area contributed by atoms with E-state index in [0.29, 0.717) is 6.04 Å². The van der Waals surface area contributed by atoms with Crippen molar-refractivity contribution in [1.29, 1.82) is 0 Å². The minimum Gasteiger partial charge on any atom is -0.306 e. The fraction of sp³-hybridized carbons (Fsp3) is 0.533. The molecule has 0 spiro atoms. The highest BCUT2D eigenvalue weighted by Gasteiger charge is 2.15. The second-order valence-corrected chi connectivity index (χ2v) is 6.29. The van der Waals surface area contributed by atoms with Crippen LogP contribution >= 0.6 is 11.3 Å². The van der Waals surface area contributed by atoms with E-state index in [9.17, 15) is 0 Å². The topological polar surface area (TPSA) is 29.9 Å². The first-order chi connectivity index (χ1) is 9.42. The van der Waals surface area contributed by atoms with Crippen LogP contribution in [0.15, 0.2) is 29.8 Å². The minimum atomic E-state index is 0.639. The molecule has 3 nitrogen and oxygen atoms in total. The van der Waals surface area contributed by atoms with Crippen LogP contribution in [-0.2, 0) is 13.1 Å². The van der Waals surface area contributed by atoms with Crippen LogP contribution in [0, 0.1) is 0 Å². The zero-order valence-corrected chi connectivity index (χ0v) is 12.0. The summed E-state index contributed by atoms with van der Waals surface area (Å²) in [4.78, 5) is 1.38. The third-order valence-corrected chi connectivity index (χ3v) is 4.67. The van der Waals surface area contributed by atoms with E-state index < -0.39 is 0 Å². The van der Waals surface area contributed by atoms with Crippen molar-refractivity contribution in [3.05, 3.63) is 40.3 Å². The molecule has 102 valence electrons. The average molecular weight is 275 g/mol. The Morgan fingerprint density at radius 2 is 2.11 bits per heavy atom. The fourth-order valence-electron chi connectivity index (χ4n) is 2.75.